The summed E-state index contributed by atoms with van der Waals surface area (Å²) in [6.45, 7) is 1.52. The molecule has 3 aromatic rings. The molecule has 0 heterocycles. The first kappa shape index (κ1) is 27.8. The molecular formula is C34H41NO3. The van der Waals surface area contributed by atoms with Crippen LogP contribution in [-0.4, -0.2) is 29.4 Å². The van der Waals surface area contributed by atoms with Crippen LogP contribution < -0.4 is 5.32 Å². The monoisotopic (exact) mass is 511 g/mol. The fourth-order valence-electron chi connectivity index (χ4n) is 6.12. The zero-order valence-electron chi connectivity index (χ0n) is 22.5. The Morgan fingerprint density at radius 3 is 2.05 bits per heavy atom. The molecule has 4 nitrogen and oxygen atoms in total. The molecule has 0 saturated heterocycles. The molecule has 1 aliphatic rings. The number of rotatable bonds is 13. The van der Waals surface area contributed by atoms with Crippen LogP contribution in [-0.2, 0) is 22.4 Å². The number of aryl methyl sites for hydroxylation is 1. The topological polar surface area (TPSA) is 66.4 Å². The van der Waals surface area contributed by atoms with E-state index in [9.17, 15) is 14.7 Å². The number of ketones is 1. The summed E-state index contributed by atoms with van der Waals surface area (Å²) in [7, 11) is 0. The smallest absolute Gasteiger partial charge is 0.224 e. The SMILES string of the molecule is CC(=O)[C@@H](C1CCCC1)[C@@H](CCCc1ccc(-c2ccccc2)cc1)C(=O)N[C@H](CO)Cc1ccccc1. The van der Waals surface area contributed by atoms with Crippen LogP contribution in [0.5, 0.6) is 0 Å². The van der Waals surface area contributed by atoms with E-state index in [1.807, 2.05) is 48.5 Å². The number of nitrogens with one attached hydrogen (secondary N) is 1. The Bertz CT molecular complexity index is 1140. The number of benzene rings is 3. The van der Waals surface area contributed by atoms with Crippen LogP contribution in [0.4, 0.5) is 0 Å². The molecule has 2 N–H and O–H groups in total. The molecule has 1 saturated carbocycles. The van der Waals surface area contributed by atoms with Gasteiger partial charge in [-0.1, -0.05) is 97.8 Å². The summed E-state index contributed by atoms with van der Waals surface area (Å²) in [6.07, 6.45) is 7.22. The van der Waals surface area contributed by atoms with E-state index in [0.29, 0.717) is 12.8 Å². The van der Waals surface area contributed by atoms with Gasteiger partial charge in [0.1, 0.15) is 5.78 Å². The average molecular weight is 512 g/mol. The minimum atomic E-state index is -0.371. The van der Waals surface area contributed by atoms with E-state index in [1.165, 1.54) is 16.7 Å². The van der Waals surface area contributed by atoms with Crippen LogP contribution in [0.2, 0.25) is 0 Å². The lowest BCUT2D eigenvalue weighted by atomic mass is 9.75. The molecule has 1 aliphatic carbocycles. The Morgan fingerprint density at radius 2 is 1.45 bits per heavy atom. The summed E-state index contributed by atoms with van der Waals surface area (Å²) < 4.78 is 0. The molecule has 1 amide bonds. The third-order valence-electron chi connectivity index (χ3n) is 8.08. The Kier molecular flexibility index (Phi) is 10.3. The van der Waals surface area contributed by atoms with Crippen molar-refractivity contribution < 1.29 is 14.7 Å². The van der Waals surface area contributed by atoms with Gasteiger partial charge in [-0.3, -0.25) is 9.59 Å². The van der Waals surface area contributed by atoms with Gasteiger partial charge in [-0.25, -0.2) is 0 Å². The van der Waals surface area contributed by atoms with Gasteiger partial charge in [0.25, 0.3) is 0 Å². The summed E-state index contributed by atoms with van der Waals surface area (Å²) in [6, 6.07) is 28.5. The first-order valence-corrected chi connectivity index (χ1v) is 14.1. The Labute approximate surface area is 227 Å². The molecule has 0 bridgehead atoms. The summed E-state index contributed by atoms with van der Waals surface area (Å²) in [5, 5.41) is 13.1. The number of Topliss-reactive ketones (excluding diaryl/α,β-unsaturated/α-hetero) is 1. The lowest BCUT2D eigenvalue weighted by Crippen LogP contribution is -2.46. The van der Waals surface area contributed by atoms with Gasteiger partial charge in [0.15, 0.2) is 0 Å². The van der Waals surface area contributed by atoms with E-state index >= 15 is 0 Å². The predicted molar refractivity (Wildman–Crippen MR) is 154 cm³/mol. The van der Waals surface area contributed by atoms with Crippen molar-refractivity contribution in [3.8, 4) is 11.1 Å². The van der Waals surface area contributed by atoms with E-state index in [-0.39, 0.29) is 42.1 Å². The van der Waals surface area contributed by atoms with Gasteiger partial charge in [0.2, 0.25) is 5.91 Å². The summed E-state index contributed by atoms with van der Waals surface area (Å²) >= 11 is 0. The van der Waals surface area contributed by atoms with Crippen molar-refractivity contribution in [1.82, 2.24) is 5.32 Å². The fraction of sp³-hybridized carbons (Fsp3) is 0.412. The third kappa shape index (κ3) is 7.64. The first-order chi connectivity index (χ1) is 18.5. The minimum absolute atomic E-state index is 0.0912. The van der Waals surface area contributed by atoms with Crippen molar-refractivity contribution in [2.24, 2.45) is 17.8 Å². The van der Waals surface area contributed by atoms with Crippen molar-refractivity contribution in [1.29, 1.82) is 0 Å². The maximum absolute atomic E-state index is 13.7. The van der Waals surface area contributed by atoms with E-state index in [2.05, 4.69) is 41.7 Å². The molecule has 3 aromatic carbocycles. The molecule has 0 spiro atoms. The van der Waals surface area contributed by atoms with Gasteiger partial charge in [-0.05, 0) is 73.6 Å². The van der Waals surface area contributed by atoms with Crippen molar-refractivity contribution in [2.45, 2.75) is 64.3 Å². The van der Waals surface area contributed by atoms with Crippen LogP contribution in [0.1, 0.15) is 56.6 Å². The number of carbonyl (C=O) groups excluding carboxylic acids is 2. The second kappa shape index (κ2) is 14.1. The lowest BCUT2D eigenvalue weighted by molar-refractivity contribution is -0.135. The minimum Gasteiger partial charge on any atom is -0.394 e. The molecule has 4 heteroatoms. The van der Waals surface area contributed by atoms with Crippen molar-refractivity contribution in [3.05, 3.63) is 96.1 Å². The van der Waals surface area contributed by atoms with Crippen LogP contribution in [0.3, 0.4) is 0 Å². The average Bonchev–Trinajstić information content (AvgIpc) is 3.47. The Morgan fingerprint density at radius 1 is 0.842 bits per heavy atom. The normalized spacial score (nSPS) is 16.1. The number of carbonyl (C=O) groups is 2. The molecule has 0 unspecified atom stereocenters. The van der Waals surface area contributed by atoms with Gasteiger partial charge in [-0.15, -0.1) is 0 Å². The van der Waals surface area contributed by atoms with Crippen molar-refractivity contribution in [2.75, 3.05) is 6.61 Å². The molecule has 4 rings (SSSR count). The van der Waals surface area contributed by atoms with Crippen molar-refractivity contribution >= 4 is 11.7 Å². The molecule has 3 atom stereocenters. The van der Waals surface area contributed by atoms with E-state index < -0.39 is 0 Å². The Balaban J connectivity index is 1.43. The quantitative estimate of drug-likeness (QED) is 0.279. The maximum atomic E-state index is 13.7. The number of hydrogen-bond donors (Lipinski definition) is 2. The standard InChI is InChI=1S/C34H41NO3/c1-25(37)33(30-16-8-9-17-30)32(34(38)35-31(24-36)23-27-11-4-2-5-12-27)18-10-13-26-19-21-29(22-20-26)28-14-6-3-7-15-28/h2-7,11-12,14-15,19-22,30-33,36H,8-10,13,16-18,23-24H2,1H3,(H,35,38)/t31-,32+,33-/m0/s1. The Hall–Kier alpha value is -3.24. The fourth-order valence-corrected chi connectivity index (χ4v) is 6.12. The number of hydrogen-bond acceptors (Lipinski definition) is 3. The van der Waals surface area contributed by atoms with E-state index in [4.69, 9.17) is 0 Å². The molecule has 1 fully saturated rings. The van der Waals surface area contributed by atoms with Gasteiger partial charge in [0.05, 0.1) is 12.6 Å². The van der Waals surface area contributed by atoms with Crippen molar-refractivity contribution in [3.63, 3.8) is 0 Å². The highest BCUT2D eigenvalue weighted by atomic mass is 16.3. The molecule has 0 aromatic heterocycles. The maximum Gasteiger partial charge on any atom is 0.224 e. The second-order valence-electron chi connectivity index (χ2n) is 10.8. The first-order valence-electron chi connectivity index (χ1n) is 14.1. The van der Waals surface area contributed by atoms with Crippen LogP contribution in [0, 0.1) is 17.8 Å². The van der Waals surface area contributed by atoms with Crippen LogP contribution in [0.25, 0.3) is 11.1 Å². The highest BCUT2D eigenvalue weighted by Gasteiger charge is 2.38. The third-order valence-corrected chi connectivity index (χ3v) is 8.08. The summed E-state index contributed by atoms with van der Waals surface area (Å²) in [5.74, 6) is -0.326. The number of aliphatic hydroxyl groups is 1. The summed E-state index contributed by atoms with van der Waals surface area (Å²) in [5.41, 5.74) is 4.70. The predicted octanol–water partition coefficient (Wildman–Crippen LogP) is 6.41. The molecule has 0 aliphatic heterocycles. The van der Waals surface area contributed by atoms with Crippen LogP contribution in [0.15, 0.2) is 84.9 Å². The van der Waals surface area contributed by atoms with Gasteiger partial charge >= 0.3 is 0 Å². The number of aliphatic hydroxyl groups excluding tert-OH is 1. The zero-order chi connectivity index (χ0) is 26.7. The summed E-state index contributed by atoms with van der Waals surface area (Å²) in [4.78, 5) is 26.6. The van der Waals surface area contributed by atoms with Gasteiger partial charge in [-0.2, -0.15) is 0 Å². The largest absolute Gasteiger partial charge is 0.394 e. The number of amides is 1. The van der Waals surface area contributed by atoms with Gasteiger partial charge in [0, 0.05) is 11.8 Å². The van der Waals surface area contributed by atoms with Gasteiger partial charge < -0.3 is 10.4 Å². The zero-order valence-corrected chi connectivity index (χ0v) is 22.5. The highest BCUT2D eigenvalue weighted by molar-refractivity contribution is 5.88. The highest BCUT2D eigenvalue weighted by Crippen LogP contribution is 2.38. The van der Waals surface area contributed by atoms with E-state index in [0.717, 1.165) is 44.1 Å². The molecule has 200 valence electrons. The second-order valence-corrected chi connectivity index (χ2v) is 10.8. The molecular weight excluding hydrogens is 470 g/mol. The van der Waals surface area contributed by atoms with Crippen LogP contribution >= 0.6 is 0 Å². The molecule has 38 heavy (non-hydrogen) atoms. The lowest BCUT2D eigenvalue weighted by Gasteiger charge is -2.30. The molecule has 0 radical (unpaired) electrons. The van der Waals surface area contributed by atoms with E-state index in [1.54, 1.807) is 6.92 Å².